The summed E-state index contributed by atoms with van der Waals surface area (Å²) < 4.78 is 23.7. The van der Waals surface area contributed by atoms with Gasteiger partial charge in [0.2, 0.25) is 10.0 Å². The second-order valence-corrected chi connectivity index (χ2v) is 6.25. The van der Waals surface area contributed by atoms with Crippen molar-refractivity contribution in [2.45, 2.75) is 0 Å². The van der Waals surface area contributed by atoms with E-state index >= 15 is 0 Å². The van der Waals surface area contributed by atoms with Crippen molar-refractivity contribution in [3.8, 4) is 0 Å². The third-order valence-electron chi connectivity index (χ3n) is 2.78. The molecule has 0 radical (unpaired) electrons. The van der Waals surface area contributed by atoms with Crippen LogP contribution in [0.4, 0.5) is 11.4 Å². The molecule has 0 fully saturated rings. The molecule has 0 aromatic heterocycles. The first kappa shape index (κ1) is 17.2. The maximum Gasteiger partial charge on any atom is 0.342 e. The average molecular weight is 359 g/mol. The lowest BCUT2D eigenvalue weighted by Gasteiger charge is -2.03. The molecule has 1 heterocycles. The second-order valence-electron chi connectivity index (χ2n) is 4.41. The van der Waals surface area contributed by atoms with E-state index in [4.69, 9.17) is 0 Å². The average Bonchev–Trinajstić information content (AvgIpc) is 2.74. The number of oxime groups is 1. The molecule has 0 unspecified atom stereocenters. The van der Waals surface area contributed by atoms with Gasteiger partial charge in [-0.2, -0.15) is 4.72 Å². The second kappa shape index (κ2) is 6.17. The van der Waals surface area contributed by atoms with Gasteiger partial charge in [-0.05, 0) is 11.1 Å². The van der Waals surface area contributed by atoms with Gasteiger partial charge in [-0.25, -0.2) is 18.5 Å². The molecule has 1 aromatic carbocycles. The molecule has 2 rings (SSSR count). The van der Waals surface area contributed by atoms with E-state index in [1.807, 2.05) is 4.72 Å². The molecule has 1 aromatic rings. The molecule has 1 amide bonds. The number of hydrogen-bond donors (Lipinski definition) is 1. The molecule has 0 aliphatic carbocycles. The lowest BCUT2D eigenvalue weighted by atomic mass is 10.1. The number of hydrazine groups is 1. The number of nitrogens with one attached hydrogen (secondary N) is 1. The maximum atomic E-state index is 12.1. The molecule has 13 nitrogen and oxygen atoms in total. The quantitative estimate of drug-likeness (QED) is 0.302. The van der Waals surface area contributed by atoms with Gasteiger partial charge in [-0.3, -0.25) is 14.9 Å². The third kappa shape index (κ3) is 3.28. The number of sulfonamides is 1. The van der Waals surface area contributed by atoms with E-state index in [-0.39, 0.29) is 16.3 Å². The molecule has 1 aliphatic heterocycles. The van der Waals surface area contributed by atoms with Crippen LogP contribution in [-0.4, -0.2) is 43.0 Å². The van der Waals surface area contributed by atoms with Crippen LogP contribution in [0.25, 0.3) is 0 Å². The van der Waals surface area contributed by atoms with Crippen molar-refractivity contribution >= 4 is 33.0 Å². The van der Waals surface area contributed by atoms with E-state index in [1.165, 1.54) is 6.07 Å². The van der Waals surface area contributed by atoms with Crippen LogP contribution in [0.15, 0.2) is 23.4 Å². The van der Waals surface area contributed by atoms with Gasteiger partial charge in [0.1, 0.15) is 11.3 Å². The number of fused-ring (bicyclic) bond motifs is 1. The number of amides is 1. The van der Waals surface area contributed by atoms with E-state index < -0.39 is 44.0 Å². The van der Waals surface area contributed by atoms with E-state index in [2.05, 4.69) is 9.99 Å². The highest BCUT2D eigenvalue weighted by Crippen LogP contribution is 2.35. The van der Waals surface area contributed by atoms with Crippen molar-refractivity contribution < 1.29 is 28.0 Å². The number of nitro benzene ring substituents is 1. The summed E-state index contributed by atoms with van der Waals surface area (Å²) in [5.41, 5.74) is -1.98. The van der Waals surface area contributed by atoms with Crippen molar-refractivity contribution in [3.63, 3.8) is 0 Å². The van der Waals surface area contributed by atoms with Crippen molar-refractivity contribution in [1.82, 2.24) is 4.72 Å². The molecule has 24 heavy (non-hydrogen) atoms. The van der Waals surface area contributed by atoms with Crippen molar-refractivity contribution in [2.24, 2.45) is 5.16 Å². The Kier molecular flexibility index (Phi) is 4.43. The number of benzene rings is 1. The van der Waals surface area contributed by atoms with E-state index in [0.29, 0.717) is 0 Å². The summed E-state index contributed by atoms with van der Waals surface area (Å²) in [6.45, 7) is -0.663. The van der Waals surface area contributed by atoms with Crippen LogP contribution in [0.2, 0.25) is 0 Å². The van der Waals surface area contributed by atoms with Crippen LogP contribution in [0.5, 0.6) is 0 Å². The summed E-state index contributed by atoms with van der Waals surface area (Å²) >= 11 is 0. The first-order valence-electron chi connectivity index (χ1n) is 6.04. The number of rotatable bonds is 6. The Morgan fingerprint density at radius 2 is 2.00 bits per heavy atom. The lowest BCUT2D eigenvalue weighted by Crippen LogP contribution is -2.35. The number of anilines is 1. The highest BCUT2D eigenvalue weighted by atomic mass is 32.2. The first-order valence-corrected chi connectivity index (χ1v) is 7.93. The number of nitrogens with zero attached hydrogens (tertiary/aromatic N) is 4. The van der Waals surface area contributed by atoms with Crippen molar-refractivity contribution in [3.05, 3.63) is 44.0 Å². The molecule has 1 N–H and O–H groups in total. The summed E-state index contributed by atoms with van der Waals surface area (Å²) in [6.07, 6.45) is 0.846. The van der Waals surface area contributed by atoms with Gasteiger partial charge in [0.15, 0.2) is 17.5 Å². The Morgan fingerprint density at radius 3 is 2.54 bits per heavy atom. The predicted molar refractivity (Wildman–Crippen MR) is 78.0 cm³/mol. The summed E-state index contributed by atoms with van der Waals surface area (Å²) in [5.74, 6) is -1.25. The van der Waals surface area contributed by atoms with Crippen molar-refractivity contribution in [2.75, 3.05) is 18.0 Å². The predicted octanol–water partition coefficient (Wildman–Crippen LogP) is -0.639. The number of nitro groups is 2. The fourth-order valence-electron chi connectivity index (χ4n) is 1.89. The standard InChI is InChI=1S/C10H9N5O8S/c1-24(21,22)11-5-23-12-9-8-6(13(10(9)16)15(19)20)3-2-4-7(8)14(17)18/h2-4,11H,5H2,1H3. The van der Waals surface area contributed by atoms with Gasteiger partial charge in [0.25, 0.3) is 5.69 Å². The summed E-state index contributed by atoms with van der Waals surface area (Å²) in [7, 11) is -3.60. The van der Waals surface area contributed by atoms with Crippen LogP contribution < -0.4 is 9.73 Å². The zero-order valence-electron chi connectivity index (χ0n) is 11.9. The van der Waals surface area contributed by atoms with Gasteiger partial charge in [-0.1, -0.05) is 11.2 Å². The number of hydrogen-bond acceptors (Lipinski definition) is 9. The summed E-state index contributed by atoms with van der Waals surface area (Å²) in [4.78, 5) is 37.9. The van der Waals surface area contributed by atoms with Gasteiger partial charge >= 0.3 is 5.91 Å². The van der Waals surface area contributed by atoms with Gasteiger partial charge in [0.05, 0.1) is 11.2 Å². The molecule has 1 aliphatic rings. The Balaban J connectivity index is 2.45. The molecule has 128 valence electrons. The molecule has 0 saturated carbocycles. The highest BCUT2D eigenvalue weighted by Gasteiger charge is 2.46. The van der Waals surface area contributed by atoms with Gasteiger partial charge in [0, 0.05) is 6.07 Å². The first-order chi connectivity index (χ1) is 11.1. The molecule has 14 heteroatoms. The molecule has 0 bridgehead atoms. The number of carbonyl (C=O) groups excluding carboxylic acids is 1. The fourth-order valence-corrected chi connectivity index (χ4v) is 2.16. The lowest BCUT2D eigenvalue weighted by molar-refractivity contribution is -0.482. The van der Waals surface area contributed by atoms with E-state index in [0.717, 1.165) is 18.4 Å². The minimum Gasteiger partial charge on any atom is -0.378 e. The Morgan fingerprint density at radius 1 is 1.33 bits per heavy atom. The molecule has 0 spiro atoms. The molecule has 0 atom stereocenters. The third-order valence-corrected chi connectivity index (χ3v) is 3.42. The van der Waals surface area contributed by atoms with E-state index in [9.17, 15) is 33.4 Å². The van der Waals surface area contributed by atoms with Gasteiger partial charge < -0.3 is 4.84 Å². The molecular formula is C10H9N5O8S. The minimum absolute atomic E-state index is 0.0918. The summed E-state index contributed by atoms with van der Waals surface area (Å²) in [6, 6.07) is 3.36. The van der Waals surface area contributed by atoms with E-state index in [1.54, 1.807) is 0 Å². The Hall–Kier alpha value is -3.13. The van der Waals surface area contributed by atoms with Crippen LogP contribution in [0.1, 0.15) is 5.56 Å². The topological polar surface area (TPSA) is 174 Å². The highest BCUT2D eigenvalue weighted by molar-refractivity contribution is 7.88. The number of carbonyl (C=O) groups is 1. The largest absolute Gasteiger partial charge is 0.378 e. The molecular weight excluding hydrogens is 350 g/mol. The monoisotopic (exact) mass is 359 g/mol. The smallest absolute Gasteiger partial charge is 0.342 e. The maximum absolute atomic E-state index is 12.1. The summed E-state index contributed by atoms with van der Waals surface area (Å²) in [5, 5.41) is 24.4. The van der Waals surface area contributed by atoms with Crippen LogP contribution in [0, 0.1) is 20.2 Å². The Labute approximate surface area is 133 Å². The zero-order valence-corrected chi connectivity index (χ0v) is 12.7. The minimum atomic E-state index is -3.60. The van der Waals surface area contributed by atoms with Crippen molar-refractivity contribution in [1.29, 1.82) is 0 Å². The van der Waals surface area contributed by atoms with Crippen LogP contribution in [-0.2, 0) is 19.7 Å². The SMILES string of the molecule is CS(=O)(=O)NCON=C1C(=O)N([N+](=O)[O-])c2cccc([N+](=O)[O-])c21. The van der Waals surface area contributed by atoms with Crippen LogP contribution in [0.3, 0.4) is 0 Å². The molecule has 0 saturated heterocycles. The van der Waals surface area contributed by atoms with Crippen LogP contribution >= 0.6 is 0 Å². The van der Waals surface area contributed by atoms with Gasteiger partial charge in [-0.15, -0.1) is 0 Å². The fraction of sp³-hybridized carbons (Fsp3) is 0.200. The Bertz CT molecular complexity index is 864. The zero-order chi connectivity index (χ0) is 18.1. The normalized spacial score (nSPS) is 15.5.